The highest BCUT2D eigenvalue weighted by molar-refractivity contribution is 6.30. The molecule has 11 heavy (non-hydrogen) atoms. The Kier molecular flexibility index (Phi) is 2.24. The SMILES string of the molecule is CC(C)(C)c1c[c]cc(Cl)c1. The predicted octanol–water partition coefficient (Wildman–Crippen LogP) is 3.44. The largest absolute Gasteiger partial charge is 0.0843 e. The van der Waals surface area contributed by atoms with E-state index in [0.29, 0.717) is 0 Å². The van der Waals surface area contributed by atoms with Gasteiger partial charge in [0.05, 0.1) is 0 Å². The summed E-state index contributed by atoms with van der Waals surface area (Å²) in [6.07, 6.45) is 0. The maximum atomic E-state index is 5.82. The highest BCUT2D eigenvalue weighted by atomic mass is 35.5. The van der Waals surface area contributed by atoms with E-state index in [1.54, 1.807) is 6.07 Å². The van der Waals surface area contributed by atoms with Gasteiger partial charge in [-0.2, -0.15) is 0 Å². The number of benzene rings is 1. The molecule has 1 radical (unpaired) electrons. The van der Waals surface area contributed by atoms with Gasteiger partial charge in [0.2, 0.25) is 0 Å². The maximum Gasteiger partial charge on any atom is 0.0415 e. The Balaban J connectivity index is 3.06. The molecule has 1 rings (SSSR count). The van der Waals surface area contributed by atoms with Crippen LogP contribution in [0.25, 0.3) is 0 Å². The second-order valence-corrected chi connectivity index (χ2v) is 4.13. The van der Waals surface area contributed by atoms with Crippen LogP contribution in [-0.4, -0.2) is 0 Å². The van der Waals surface area contributed by atoms with Crippen LogP contribution >= 0.6 is 11.6 Å². The molecule has 0 amide bonds. The van der Waals surface area contributed by atoms with Crippen molar-refractivity contribution < 1.29 is 0 Å². The van der Waals surface area contributed by atoms with Crippen molar-refractivity contribution in [3.05, 3.63) is 34.9 Å². The minimum Gasteiger partial charge on any atom is -0.0843 e. The highest BCUT2D eigenvalue weighted by Gasteiger charge is 2.12. The summed E-state index contributed by atoms with van der Waals surface area (Å²) >= 11 is 5.82. The zero-order valence-electron chi connectivity index (χ0n) is 7.11. The maximum absolute atomic E-state index is 5.82. The molecule has 0 bridgehead atoms. The summed E-state index contributed by atoms with van der Waals surface area (Å²) in [6.45, 7) is 6.48. The molecule has 0 saturated heterocycles. The molecule has 0 unspecified atom stereocenters. The van der Waals surface area contributed by atoms with E-state index in [4.69, 9.17) is 11.6 Å². The lowest BCUT2D eigenvalue weighted by molar-refractivity contribution is 0.590. The van der Waals surface area contributed by atoms with Crippen molar-refractivity contribution in [3.8, 4) is 0 Å². The summed E-state index contributed by atoms with van der Waals surface area (Å²) in [5, 5.41) is 0.762. The molecular weight excluding hydrogens is 156 g/mol. The molecule has 0 aliphatic carbocycles. The Morgan fingerprint density at radius 1 is 1.27 bits per heavy atom. The van der Waals surface area contributed by atoms with Crippen molar-refractivity contribution in [2.45, 2.75) is 26.2 Å². The lowest BCUT2D eigenvalue weighted by Gasteiger charge is -2.18. The average Bonchev–Trinajstić information content (AvgIpc) is 1.86. The van der Waals surface area contributed by atoms with Crippen molar-refractivity contribution in [3.63, 3.8) is 0 Å². The van der Waals surface area contributed by atoms with Crippen LogP contribution in [0.2, 0.25) is 5.02 Å². The van der Waals surface area contributed by atoms with Crippen molar-refractivity contribution >= 4 is 11.6 Å². The number of halogens is 1. The van der Waals surface area contributed by atoms with Gasteiger partial charge in [0.1, 0.15) is 0 Å². The second kappa shape index (κ2) is 2.86. The van der Waals surface area contributed by atoms with E-state index in [0.717, 1.165) is 5.02 Å². The summed E-state index contributed by atoms with van der Waals surface area (Å²) in [5.74, 6) is 0. The van der Waals surface area contributed by atoms with Crippen molar-refractivity contribution in [1.29, 1.82) is 0 Å². The molecule has 0 saturated carbocycles. The smallest absolute Gasteiger partial charge is 0.0415 e. The van der Waals surface area contributed by atoms with E-state index in [1.807, 2.05) is 12.1 Å². The van der Waals surface area contributed by atoms with Crippen LogP contribution in [0.5, 0.6) is 0 Å². The second-order valence-electron chi connectivity index (χ2n) is 3.69. The predicted molar refractivity (Wildman–Crippen MR) is 49.0 cm³/mol. The molecular formula is C10H12Cl. The molecule has 1 heteroatoms. The van der Waals surface area contributed by atoms with E-state index >= 15 is 0 Å². The van der Waals surface area contributed by atoms with Gasteiger partial charge < -0.3 is 0 Å². The Morgan fingerprint density at radius 2 is 1.91 bits per heavy atom. The van der Waals surface area contributed by atoms with Crippen LogP contribution in [0, 0.1) is 6.07 Å². The highest BCUT2D eigenvalue weighted by Crippen LogP contribution is 2.23. The van der Waals surface area contributed by atoms with Gasteiger partial charge in [-0.3, -0.25) is 0 Å². The van der Waals surface area contributed by atoms with Crippen molar-refractivity contribution in [2.75, 3.05) is 0 Å². The molecule has 0 aromatic heterocycles. The molecule has 0 spiro atoms. The Bertz CT molecular complexity index is 245. The first-order valence-corrected chi connectivity index (χ1v) is 4.05. The van der Waals surface area contributed by atoms with Crippen LogP contribution in [0.3, 0.4) is 0 Å². The van der Waals surface area contributed by atoms with Gasteiger partial charge >= 0.3 is 0 Å². The first-order chi connectivity index (χ1) is 5.00. The molecule has 0 N–H and O–H groups in total. The van der Waals surface area contributed by atoms with Crippen LogP contribution < -0.4 is 0 Å². The topological polar surface area (TPSA) is 0 Å². The Hall–Kier alpha value is -0.490. The third-order valence-electron chi connectivity index (χ3n) is 1.62. The van der Waals surface area contributed by atoms with Crippen LogP contribution in [0.4, 0.5) is 0 Å². The van der Waals surface area contributed by atoms with E-state index in [9.17, 15) is 0 Å². The molecule has 1 aromatic rings. The van der Waals surface area contributed by atoms with Crippen LogP contribution in [-0.2, 0) is 5.41 Å². The fourth-order valence-corrected chi connectivity index (χ4v) is 1.06. The zero-order valence-corrected chi connectivity index (χ0v) is 7.87. The third kappa shape index (κ3) is 2.23. The van der Waals surface area contributed by atoms with Gasteiger partial charge in [0.15, 0.2) is 0 Å². The molecule has 0 fully saturated rings. The summed E-state index contributed by atoms with van der Waals surface area (Å²) in [6, 6.07) is 8.74. The quantitative estimate of drug-likeness (QED) is 0.556. The number of hydrogen-bond acceptors (Lipinski definition) is 0. The van der Waals surface area contributed by atoms with E-state index < -0.39 is 0 Å². The number of rotatable bonds is 0. The Morgan fingerprint density at radius 3 is 2.27 bits per heavy atom. The molecule has 0 aliphatic rings. The molecule has 59 valence electrons. The monoisotopic (exact) mass is 167 g/mol. The first kappa shape index (κ1) is 8.61. The lowest BCUT2D eigenvalue weighted by Crippen LogP contribution is -2.10. The lowest BCUT2D eigenvalue weighted by atomic mass is 9.87. The zero-order chi connectivity index (χ0) is 8.48. The normalized spacial score (nSPS) is 11.6. The van der Waals surface area contributed by atoms with Crippen LogP contribution in [0.1, 0.15) is 26.3 Å². The molecule has 1 aromatic carbocycles. The summed E-state index contributed by atoms with van der Waals surface area (Å²) < 4.78 is 0. The standard InChI is InChI=1S/C10H12Cl/c1-10(2,3)8-5-4-6-9(11)7-8/h5-7H,1-3H3. The first-order valence-electron chi connectivity index (χ1n) is 3.67. The fourth-order valence-electron chi connectivity index (χ4n) is 0.876. The van der Waals surface area contributed by atoms with Crippen molar-refractivity contribution in [2.24, 2.45) is 0 Å². The minimum atomic E-state index is 0.168. The fraction of sp³-hybridized carbons (Fsp3) is 0.400. The minimum absolute atomic E-state index is 0.168. The van der Waals surface area contributed by atoms with Gasteiger partial charge in [0.25, 0.3) is 0 Å². The summed E-state index contributed by atoms with van der Waals surface area (Å²) in [7, 11) is 0. The van der Waals surface area contributed by atoms with E-state index in [-0.39, 0.29) is 5.41 Å². The molecule has 0 nitrogen and oxygen atoms in total. The van der Waals surface area contributed by atoms with Gasteiger partial charge in [-0.15, -0.1) is 0 Å². The van der Waals surface area contributed by atoms with E-state index in [2.05, 4.69) is 26.8 Å². The van der Waals surface area contributed by atoms with Gasteiger partial charge in [-0.05, 0) is 29.2 Å². The summed E-state index contributed by atoms with van der Waals surface area (Å²) in [4.78, 5) is 0. The molecule has 0 aliphatic heterocycles. The molecule has 0 atom stereocenters. The van der Waals surface area contributed by atoms with Gasteiger partial charge in [0, 0.05) is 5.02 Å². The van der Waals surface area contributed by atoms with Crippen LogP contribution in [0.15, 0.2) is 18.2 Å². The molecule has 0 heterocycles. The third-order valence-corrected chi connectivity index (χ3v) is 1.84. The number of hydrogen-bond donors (Lipinski definition) is 0. The van der Waals surface area contributed by atoms with Crippen molar-refractivity contribution in [1.82, 2.24) is 0 Å². The summed E-state index contributed by atoms with van der Waals surface area (Å²) in [5.41, 5.74) is 1.39. The average molecular weight is 168 g/mol. The Labute approximate surface area is 73.2 Å². The van der Waals surface area contributed by atoms with Gasteiger partial charge in [-0.1, -0.05) is 38.4 Å². The van der Waals surface area contributed by atoms with E-state index in [1.165, 1.54) is 5.56 Å². The van der Waals surface area contributed by atoms with Gasteiger partial charge in [-0.25, -0.2) is 0 Å².